The van der Waals surface area contributed by atoms with E-state index in [-0.39, 0.29) is 11.8 Å². The molecular formula is C10H13N3O3. The summed E-state index contributed by atoms with van der Waals surface area (Å²) in [6.07, 6.45) is 3.32. The van der Waals surface area contributed by atoms with Gasteiger partial charge in [0.2, 0.25) is 5.75 Å². The predicted octanol–water partition coefficient (Wildman–Crippen LogP) is 1.60. The van der Waals surface area contributed by atoms with E-state index in [1.54, 1.807) is 11.0 Å². The lowest BCUT2D eigenvalue weighted by molar-refractivity contribution is -0.386. The molecule has 1 aliphatic carbocycles. The largest absolute Gasteiger partial charge is 0.483 e. The van der Waals surface area contributed by atoms with Gasteiger partial charge in [0.25, 0.3) is 0 Å². The van der Waals surface area contributed by atoms with E-state index in [4.69, 9.17) is 4.74 Å². The predicted molar refractivity (Wildman–Crippen MR) is 58.9 cm³/mol. The number of pyridine rings is 1. The molecular weight excluding hydrogens is 210 g/mol. The number of anilines is 1. The van der Waals surface area contributed by atoms with Crippen LogP contribution in [0, 0.1) is 10.1 Å². The van der Waals surface area contributed by atoms with Crippen LogP contribution in [0.15, 0.2) is 12.3 Å². The van der Waals surface area contributed by atoms with E-state index in [1.807, 2.05) is 14.1 Å². The van der Waals surface area contributed by atoms with Gasteiger partial charge < -0.3 is 9.64 Å². The Hall–Kier alpha value is -1.85. The SMILES string of the molecule is CN(C)c1cc(OC2CC2)c([N+](=O)[O-])cn1. The number of rotatable bonds is 4. The van der Waals surface area contributed by atoms with E-state index < -0.39 is 4.92 Å². The van der Waals surface area contributed by atoms with Crippen LogP contribution in [0.25, 0.3) is 0 Å². The van der Waals surface area contributed by atoms with Crippen molar-refractivity contribution in [2.45, 2.75) is 18.9 Å². The molecule has 0 bridgehead atoms. The summed E-state index contributed by atoms with van der Waals surface area (Å²) < 4.78 is 5.50. The zero-order valence-corrected chi connectivity index (χ0v) is 9.21. The number of nitrogens with zero attached hydrogens (tertiary/aromatic N) is 3. The van der Waals surface area contributed by atoms with Crippen LogP contribution in [0.4, 0.5) is 11.5 Å². The summed E-state index contributed by atoms with van der Waals surface area (Å²) in [6.45, 7) is 0. The lowest BCUT2D eigenvalue weighted by Gasteiger charge is -2.12. The summed E-state index contributed by atoms with van der Waals surface area (Å²) in [5.41, 5.74) is -0.0718. The van der Waals surface area contributed by atoms with Crippen molar-refractivity contribution in [2.24, 2.45) is 0 Å². The fraction of sp³-hybridized carbons (Fsp3) is 0.500. The Balaban J connectivity index is 2.33. The van der Waals surface area contributed by atoms with Crippen molar-refractivity contribution >= 4 is 11.5 Å². The Morgan fingerprint density at radius 2 is 2.25 bits per heavy atom. The van der Waals surface area contributed by atoms with E-state index >= 15 is 0 Å². The molecule has 1 aromatic rings. The van der Waals surface area contributed by atoms with Gasteiger partial charge in [-0.2, -0.15) is 0 Å². The number of nitro groups is 1. The Kier molecular flexibility index (Phi) is 2.64. The first-order chi connectivity index (χ1) is 7.58. The third-order valence-electron chi connectivity index (χ3n) is 2.30. The summed E-state index contributed by atoms with van der Waals surface area (Å²) >= 11 is 0. The van der Waals surface area contributed by atoms with E-state index in [2.05, 4.69) is 4.98 Å². The smallest absolute Gasteiger partial charge is 0.329 e. The second-order valence-corrected chi connectivity index (χ2v) is 3.98. The maximum Gasteiger partial charge on any atom is 0.329 e. The lowest BCUT2D eigenvalue weighted by atomic mass is 10.3. The fourth-order valence-electron chi connectivity index (χ4n) is 1.26. The summed E-state index contributed by atoms with van der Waals surface area (Å²) in [5, 5.41) is 10.8. The minimum atomic E-state index is -0.468. The summed E-state index contributed by atoms with van der Waals surface area (Å²) in [6, 6.07) is 1.61. The number of hydrogen-bond acceptors (Lipinski definition) is 5. The summed E-state index contributed by atoms with van der Waals surface area (Å²) in [5.74, 6) is 0.965. The number of aromatic nitrogens is 1. The minimum absolute atomic E-state index is 0.0718. The highest BCUT2D eigenvalue weighted by atomic mass is 16.6. The van der Waals surface area contributed by atoms with Crippen LogP contribution < -0.4 is 9.64 Å². The molecule has 0 aromatic carbocycles. The van der Waals surface area contributed by atoms with Crippen molar-refractivity contribution in [2.75, 3.05) is 19.0 Å². The van der Waals surface area contributed by atoms with Crippen LogP contribution in [0.3, 0.4) is 0 Å². The zero-order chi connectivity index (χ0) is 11.7. The highest BCUT2D eigenvalue weighted by Crippen LogP contribution is 2.34. The van der Waals surface area contributed by atoms with Crippen molar-refractivity contribution in [3.63, 3.8) is 0 Å². The first-order valence-electron chi connectivity index (χ1n) is 5.06. The number of ether oxygens (including phenoxy) is 1. The third kappa shape index (κ3) is 2.21. The molecule has 1 aliphatic rings. The normalized spacial score (nSPS) is 14.6. The van der Waals surface area contributed by atoms with Gasteiger partial charge in [0.15, 0.2) is 0 Å². The molecule has 1 aromatic heterocycles. The molecule has 0 N–H and O–H groups in total. The standard InChI is InChI=1S/C10H13N3O3/c1-12(2)10-5-9(16-7-3-4-7)8(6-11-10)13(14)15/h5-7H,3-4H2,1-2H3. The van der Waals surface area contributed by atoms with E-state index in [0.717, 1.165) is 12.8 Å². The molecule has 16 heavy (non-hydrogen) atoms. The molecule has 6 nitrogen and oxygen atoms in total. The fourth-order valence-corrected chi connectivity index (χ4v) is 1.26. The van der Waals surface area contributed by atoms with Crippen LogP contribution in [-0.2, 0) is 0 Å². The van der Waals surface area contributed by atoms with Crippen LogP contribution in [0.2, 0.25) is 0 Å². The maximum atomic E-state index is 10.8. The first-order valence-corrected chi connectivity index (χ1v) is 5.06. The van der Waals surface area contributed by atoms with Gasteiger partial charge in [-0.15, -0.1) is 0 Å². The summed E-state index contributed by atoms with van der Waals surface area (Å²) in [7, 11) is 3.66. The van der Waals surface area contributed by atoms with Crippen molar-refractivity contribution in [1.29, 1.82) is 0 Å². The average Bonchev–Trinajstić information content (AvgIpc) is 3.01. The second-order valence-electron chi connectivity index (χ2n) is 3.98. The minimum Gasteiger partial charge on any atom is -0.483 e. The van der Waals surface area contributed by atoms with Crippen LogP contribution in [0.1, 0.15) is 12.8 Å². The van der Waals surface area contributed by atoms with Gasteiger partial charge in [-0.05, 0) is 12.8 Å². The van der Waals surface area contributed by atoms with E-state index in [0.29, 0.717) is 11.6 Å². The van der Waals surface area contributed by atoms with Gasteiger partial charge in [-0.1, -0.05) is 0 Å². The molecule has 86 valence electrons. The second kappa shape index (κ2) is 3.96. The molecule has 0 radical (unpaired) electrons. The van der Waals surface area contributed by atoms with Crippen molar-refractivity contribution in [3.05, 3.63) is 22.4 Å². The molecule has 1 saturated carbocycles. The quantitative estimate of drug-likeness (QED) is 0.572. The van der Waals surface area contributed by atoms with Gasteiger partial charge in [-0.25, -0.2) is 4.98 Å². The van der Waals surface area contributed by atoms with Crippen LogP contribution in [0.5, 0.6) is 5.75 Å². The van der Waals surface area contributed by atoms with E-state index in [1.165, 1.54) is 6.20 Å². The lowest BCUT2D eigenvalue weighted by Crippen LogP contribution is -2.11. The molecule has 2 rings (SSSR count). The van der Waals surface area contributed by atoms with Crippen molar-refractivity contribution in [1.82, 2.24) is 4.98 Å². The zero-order valence-electron chi connectivity index (χ0n) is 9.21. The van der Waals surface area contributed by atoms with Crippen LogP contribution >= 0.6 is 0 Å². The number of hydrogen-bond donors (Lipinski definition) is 0. The topological polar surface area (TPSA) is 68.5 Å². The molecule has 0 spiro atoms. The average molecular weight is 223 g/mol. The molecule has 0 amide bonds. The third-order valence-corrected chi connectivity index (χ3v) is 2.30. The van der Waals surface area contributed by atoms with Crippen molar-refractivity contribution < 1.29 is 9.66 Å². The molecule has 0 saturated heterocycles. The van der Waals surface area contributed by atoms with Gasteiger partial charge in [0.1, 0.15) is 12.0 Å². The molecule has 0 atom stereocenters. The van der Waals surface area contributed by atoms with Gasteiger partial charge >= 0.3 is 5.69 Å². The van der Waals surface area contributed by atoms with Gasteiger partial charge in [0, 0.05) is 20.2 Å². The molecule has 0 unspecified atom stereocenters. The first kappa shape index (κ1) is 10.7. The monoisotopic (exact) mass is 223 g/mol. The van der Waals surface area contributed by atoms with Gasteiger partial charge in [-0.3, -0.25) is 10.1 Å². The maximum absolute atomic E-state index is 10.8. The Morgan fingerprint density at radius 1 is 1.56 bits per heavy atom. The molecule has 1 fully saturated rings. The summed E-state index contributed by atoms with van der Waals surface area (Å²) in [4.78, 5) is 16.1. The van der Waals surface area contributed by atoms with Crippen molar-refractivity contribution in [3.8, 4) is 5.75 Å². The molecule has 1 heterocycles. The highest BCUT2D eigenvalue weighted by molar-refractivity contribution is 5.53. The molecule has 0 aliphatic heterocycles. The van der Waals surface area contributed by atoms with Crippen LogP contribution in [-0.4, -0.2) is 30.1 Å². The highest BCUT2D eigenvalue weighted by Gasteiger charge is 2.27. The van der Waals surface area contributed by atoms with Gasteiger partial charge in [0.05, 0.1) is 11.0 Å². The Bertz CT molecular complexity index is 416. The Morgan fingerprint density at radius 3 is 2.75 bits per heavy atom. The molecule has 6 heteroatoms. The van der Waals surface area contributed by atoms with E-state index in [9.17, 15) is 10.1 Å². The Labute approximate surface area is 93.0 Å².